The average molecular weight is 372 g/mol. The van der Waals surface area contributed by atoms with Crippen molar-refractivity contribution in [3.63, 3.8) is 0 Å². The average Bonchev–Trinajstić information content (AvgIpc) is 2.66. The largest absolute Gasteiger partial charge is 0.497 e. The van der Waals surface area contributed by atoms with Gasteiger partial charge in [0.15, 0.2) is 0 Å². The quantitative estimate of drug-likeness (QED) is 0.761. The summed E-state index contributed by atoms with van der Waals surface area (Å²) in [6.45, 7) is 3.87. The number of methoxy groups -OCH3 is 1. The number of nitrogens with one attached hydrogen (secondary N) is 2. The number of halogens is 1. The molecule has 0 fully saturated rings. The second kappa shape index (κ2) is 9.23. The molecule has 0 aromatic heterocycles. The molecule has 2 aromatic carbocycles. The van der Waals surface area contributed by atoms with E-state index in [1.54, 1.807) is 25.3 Å². The second-order valence-corrected chi connectivity index (χ2v) is 6.33. The molecule has 2 unspecified atom stereocenters. The fourth-order valence-electron chi connectivity index (χ4n) is 2.60. The fraction of sp³-hybridized carbons (Fsp3) is 0.300. The minimum absolute atomic E-state index is 0.0474. The molecule has 136 valence electrons. The molecule has 0 aliphatic carbocycles. The van der Waals surface area contributed by atoms with Crippen LogP contribution in [0.25, 0.3) is 0 Å². The summed E-state index contributed by atoms with van der Waals surface area (Å²) in [6, 6.07) is 14.3. The molecule has 0 spiro atoms. The Kier molecular flexibility index (Phi) is 7.02. The van der Waals surface area contributed by atoms with Gasteiger partial charge in [-0.05, 0) is 49.2 Å². The highest BCUT2D eigenvalue weighted by Crippen LogP contribution is 2.22. The van der Waals surface area contributed by atoms with Gasteiger partial charge < -0.3 is 10.1 Å². The van der Waals surface area contributed by atoms with Crippen molar-refractivity contribution in [3.05, 3.63) is 58.6 Å². The number of amides is 1. The highest BCUT2D eigenvalue weighted by molar-refractivity contribution is 6.32. The zero-order valence-corrected chi connectivity index (χ0v) is 15.8. The summed E-state index contributed by atoms with van der Waals surface area (Å²) < 4.78 is 5.18. The third kappa shape index (κ3) is 4.98. The van der Waals surface area contributed by atoms with Crippen molar-refractivity contribution in [3.8, 4) is 11.8 Å². The molecule has 2 atom stereocenters. The van der Waals surface area contributed by atoms with Crippen LogP contribution in [-0.4, -0.2) is 19.1 Å². The van der Waals surface area contributed by atoms with Crippen LogP contribution in [0.5, 0.6) is 5.75 Å². The second-order valence-electron chi connectivity index (χ2n) is 5.92. The van der Waals surface area contributed by atoms with Crippen LogP contribution in [-0.2, 0) is 4.79 Å². The minimum Gasteiger partial charge on any atom is -0.497 e. The van der Waals surface area contributed by atoms with Crippen molar-refractivity contribution in [1.29, 1.82) is 5.26 Å². The summed E-state index contributed by atoms with van der Waals surface area (Å²) in [5, 5.41) is 15.4. The molecule has 2 rings (SSSR count). The number of hydrogen-bond donors (Lipinski definition) is 2. The maximum atomic E-state index is 12.5. The van der Waals surface area contributed by atoms with Gasteiger partial charge in [0, 0.05) is 11.7 Å². The van der Waals surface area contributed by atoms with Crippen LogP contribution >= 0.6 is 11.6 Å². The Labute approximate surface area is 158 Å². The normalized spacial score (nSPS) is 12.7. The first-order valence-corrected chi connectivity index (χ1v) is 8.76. The fourth-order valence-corrected chi connectivity index (χ4v) is 2.82. The summed E-state index contributed by atoms with van der Waals surface area (Å²) in [5.41, 5.74) is 2.03. The molecule has 0 aliphatic heterocycles. The molecule has 0 heterocycles. The Bertz CT molecular complexity index is 800. The van der Waals surface area contributed by atoms with Crippen LogP contribution in [0.2, 0.25) is 5.02 Å². The van der Waals surface area contributed by atoms with Gasteiger partial charge in [-0.1, -0.05) is 30.7 Å². The van der Waals surface area contributed by atoms with E-state index in [0.29, 0.717) is 16.3 Å². The van der Waals surface area contributed by atoms with Gasteiger partial charge in [0.25, 0.3) is 0 Å². The number of carbonyl (C=O) groups excluding carboxylic acids is 1. The van der Waals surface area contributed by atoms with Crippen LogP contribution in [0.4, 0.5) is 5.69 Å². The van der Waals surface area contributed by atoms with Gasteiger partial charge >= 0.3 is 0 Å². The van der Waals surface area contributed by atoms with E-state index in [1.807, 2.05) is 37.3 Å². The lowest BCUT2D eigenvalue weighted by Crippen LogP contribution is -2.40. The molecule has 5 nitrogen and oxygen atoms in total. The van der Waals surface area contributed by atoms with Crippen molar-refractivity contribution in [1.82, 2.24) is 5.32 Å². The smallest absolute Gasteiger partial charge is 0.241 e. The predicted octanol–water partition coefficient (Wildman–Crippen LogP) is 4.29. The van der Waals surface area contributed by atoms with Crippen molar-refractivity contribution in [2.75, 3.05) is 12.4 Å². The van der Waals surface area contributed by atoms with Gasteiger partial charge in [-0.2, -0.15) is 5.26 Å². The minimum atomic E-state index is -0.406. The molecule has 0 aliphatic rings. The molecule has 0 saturated carbocycles. The Balaban J connectivity index is 2.02. The lowest BCUT2D eigenvalue weighted by atomic mass is 10.0. The van der Waals surface area contributed by atoms with Crippen LogP contribution in [0.3, 0.4) is 0 Å². The summed E-state index contributed by atoms with van der Waals surface area (Å²) in [7, 11) is 1.63. The Morgan fingerprint density at radius 1 is 1.27 bits per heavy atom. The number of anilines is 1. The van der Waals surface area contributed by atoms with Crippen LogP contribution in [0.1, 0.15) is 37.4 Å². The first-order valence-electron chi connectivity index (χ1n) is 8.39. The summed E-state index contributed by atoms with van der Waals surface area (Å²) in [4.78, 5) is 12.5. The summed E-state index contributed by atoms with van der Waals surface area (Å²) in [5.74, 6) is 0.629. The molecular weight excluding hydrogens is 350 g/mol. The third-order valence-electron chi connectivity index (χ3n) is 4.13. The van der Waals surface area contributed by atoms with Gasteiger partial charge in [-0.3, -0.25) is 10.1 Å². The van der Waals surface area contributed by atoms with Gasteiger partial charge in [0.2, 0.25) is 5.91 Å². The van der Waals surface area contributed by atoms with E-state index in [1.165, 1.54) is 0 Å². The van der Waals surface area contributed by atoms with Gasteiger partial charge in [-0.15, -0.1) is 0 Å². The van der Waals surface area contributed by atoms with E-state index < -0.39 is 6.04 Å². The van der Waals surface area contributed by atoms with Gasteiger partial charge in [0.05, 0.1) is 23.7 Å². The van der Waals surface area contributed by atoms with Crippen LogP contribution in [0, 0.1) is 11.3 Å². The topological polar surface area (TPSA) is 74.2 Å². The van der Waals surface area contributed by atoms with E-state index in [-0.39, 0.29) is 11.9 Å². The zero-order chi connectivity index (χ0) is 19.1. The monoisotopic (exact) mass is 371 g/mol. The predicted molar refractivity (Wildman–Crippen MR) is 103 cm³/mol. The highest BCUT2D eigenvalue weighted by atomic mass is 35.5. The van der Waals surface area contributed by atoms with E-state index in [0.717, 1.165) is 17.7 Å². The number of benzene rings is 2. The standard InChI is InChI=1S/C20H22ClN3O2/c1-4-19(14-6-9-17(26-3)10-7-14)23-13(2)20(25)24-16-8-5-15(12-22)18(21)11-16/h5-11,13,19,23H,4H2,1-3H3,(H,24,25). The SMILES string of the molecule is CCC(NC(C)C(=O)Nc1ccc(C#N)c(Cl)c1)c1ccc(OC)cc1. The number of nitrogens with zero attached hydrogens (tertiary/aromatic N) is 1. The number of nitriles is 1. The Hall–Kier alpha value is -2.55. The van der Waals surface area contributed by atoms with Gasteiger partial charge in [-0.25, -0.2) is 0 Å². The van der Waals surface area contributed by atoms with E-state index in [2.05, 4.69) is 17.6 Å². The lowest BCUT2D eigenvalue weighted by molar-refractivity contribution is -0.118. The summed E-state index contributed by atoms with van der Waals surface area (Å²) >= 11 is 6.00. The van der Waals surface area contributed by atoms with Crippen molar-refractivity contribution >= 4 is 23.2 Å². The van der Waals surface area contributed by atoms with Gasteiger partial charge in [0.1, 0.15) is 11.8 Å². The van der Waals surface area contributed by atoms with E-state index in [4.69, 9.17) is 21.6 Å². The first kappa shape index (κ1) is 19.8. The van der Waals surface area contributed by atoms with E-state index in [9.17, 15) is 4.79 Å². The van der Waals surface area contributed by atoms with Crippen molar-refractivity contribution < 1.29 is 9.53 Å². The van der Waals surface area contributed by atoms with Crippen molar-refractivity contribution in [2.24, 2.45) is 0 Å². The van der Waals surface area contributed by atoms with E-state index >= 15 is 0 Å². The maximum Gasteiger partial charge on any atom is 0.241 e. The maximum absolute atomic E-state index is 12.5. The van der Waals surface area contributed by atoms with Crippen LogP contribution < -0.4 is 15.4 Å². The highest BCUT2D eigenvalue weighted by Gasteiger charge is 2.18. The molecule has 0 bridgehead atoms. The molecule has 6 heteroatoms. The number of ether oxygens (including phenoxy) is 1. The summed E-state index contributed by atoms with van der Waals surface area (Å²) in [6.07, 6.45) is 0.840. The molecule has 0 radical (unpaired) electrons. The number of rotatable bonds is 7. The third-order valence-corrected chi connectivity index (χ3v) is 4.44. The Morgan fingerprint density at radius 2 is 1.96 bits per heavy atom. The molecule has 1 amide bonds. The van der Waals surface area contributed by atoms with Crippen molar-refractivity contribution in [2.45, 2.75) is 32.4 Å². The zero-order valence-electron chi connectivity index (χ0n) is 15.0. The Morgan fingerprint density at radius 3 is 2.50 bits per heavy atom. The molecule has 2 aromatic rings. The number of carbonyl (C=O) groups is 1. The first-order chi connectivity index (χ1) is 12.5. The van der Waals surface area contributed by atoms with Crippen LogP contribution in [0.15, 0.2) is 42.5 Å². The lowest BCUT2D eigenvalue weighted by Gasteiger charge is -2.22. The molecule has 2 N–H and O–H groups in total. The number of hydrogen-bond acceptors (Lipinski definition) is 4. The molecule has 26 heavy (non-hydrogen) atoms. The molecule has 0 saturated heterocycles. The molecular formula is C20H22ClN3O2.